The van der Waals surface area contributed by atoms with Crippen molar-refractivity contribution in [1.29, 1.82) is 0 Å². The van der Waals surface area contributed by atoms with Crippen LogP contribution < -0.4 is 10.1 Å². The van der Waals surface area contributed by atoms with E-state index in [0.717, 1.165) is 18.5 Å². The van der Waals surface area contributed by atoms with E-state index < -0.39 is 0 Å². The normalized spacial score (nSPS) is 23.8. The van der Waals surface area contributed by atoms with Crippen molar-refractivity contribution >= 4 is 0 Å². The highest BCUT2D eigenvalue weighted by molar-refractivity contribution is 5.14. The minimum absolute atomic E-state index is 0.0317. The van der Waals surface area contributed by atoms with E-state index in [4.69, 9.17) is 4.74 Å². The number of nitrogens with one attached hydrogen (secondary N) is 1. The third-order valence-corrected chi connectivity index (χ3v) is 4.28. The molecule has 1 saturated carbocycles. The van der Waals surface area contributed by atoms with Crippen LogP contribution in [-0.4, -0.2) is 28.2 Å². The van der Waals surface area contributed by atoms with Gasteiger partial charge in [0.15, 0.2) is 0 Å². The Morgan fingerprint density at radius 2 is 1.81 bits per heavy atom. The van der Waals surface area contributed by atoms with Crippen LogP contribution in [0.5, 0.6) is 5.88 Å². The maximum absolute atomic E-state index is 5.88. The SMILES string of the molecule is CC(C)[C@H](C)NC1CC(Oc2cnc(C(C)(C)C)cn2)C1. The van der Waals surface area contributed by atoms with Gasteiger partial charge in [0.2, 0.25) is 5.88 Å². The molecule has 0 radical (unpaired) electrons. The second-order valence-electron chi connectivity index (χ2n) is 7.60. The zero-order valence-corrected chi connectivity index (χ0v) is 14.2. The lowest BCUT2D eigenvalue weighted by Gasteiger charge is -2.38. The van der Waals surface area contributed by atoms with Gasteiger partial charge in [0.25, 0.3) is 0 Å². The molecule has 118 valence electrons. The quantitative estimate of drug-likeness (QED) is 0.904. The van der Waals surface area contributed by atoms with Crippen molar-refractivity contribution in [2.24, 2.45) is 5.92 Å². The van der Waals surface area contributed by atoms with Gasteiger partial charge in [-0.05, 0) is 25.7 Å². The van der Waals surface area contributed by atoms with Crippen LogP contribution in [0, 0.1) is 5.92 Å². The van der Waals surface area contributed by atoms with E-state index in [0.29, 0.717) is 23.9 Å². The largest absolute Gasteiger partial charge is 0.473 e. The van der Waals surface area contributed by atoms with Crippen LogP contribution in [0.25, 0.3) is 0 Å². The number of ether oxygens (including phenoxy) is 1. The second kappa shape index (κ2) is 6.30. The van der Waals surface area contributed by atoms with E-state index in [2.05, 4.69) is 56.8 Å². The van der Waals surface area contributed by atoms with E-state index in [-0.39, 0.29) is 11.5 Å². The fourth-order valence-corrected chi connectivity index (χ4v) is 2.30. The standard InChI is InChI=1S/C17H29N3O/c1-11(2)12(3)20-13-7-14(8-13)21-16-10-18-15(9-19-16)17(4,5)6/h9-14,20H,7-8H2,1-6H3/t12-,13?,14?/m0/s1. The van der Waals surface area contributed by atoms with Gasteiger partial charge in [-0.25, -0.2) is 4.98 Å². The number of rotatable bonds is 5. The first-order valence-electron chi connectivity index (χ1n) is 8.01. The first-order valence-corrected chi connectivity index (χ1v) is 8.01. The number of aromatic nitrogens is 2. The van der Waals surface area contributed by atoms with Gasteiger partial charge in [-0.2, -0.15) is 0 Å². The molecule has 4 heteroatoms. The molecule has 21 heavy (non-hydrogen) atoms. The minimum atomic E-state index is 0.0317. The van der Waals surface area contributed by atoms with Gasteiger partial charge in [-0.1, -0.05) is 34.6 Å². The van der Waals surface area contributed by atoms with Crippen LogP contribution in [0.4, 0.5) is 0 Å². The molecule has 1 fully saturated rings. The summed E-state index contributed by atoms with van der Waals surface area (Å²) in [7, 11) is 0. The molecule has 1 aromatic rings. The van der Waals surface area contributed by atoms with Crippen molar-refractivity contribution in [1.82, 2.24) is 15.3 Å². The van der Waals surface area contributed by atoms with Gasteiger partial charge in [-0.3, -0.25) is 4.98 Å². The molecule has 2 rings (SSSR count). The maximum Gasteiger partial charge on any atom is 0.232 e. The minimum Gasteiger partial charge on any atom is -0.473 e. The summed E-state index contributed by atoms with van der Waals surface area (Å²) in [6.45, 7) is 13.1. The summed E-state index contributed by atoms with van der Waals surface area (Å²) in [5.41, 5.74) is 1.03. The number of hydrogen-bond acceptors (Lipinski definition) is 4. The molecule has 0 unspecified atom stereocenters. The predicted octanol–water partition coefficient (Wildman–Crippen LogP) is 3.32. The summed E-state index contributed by atoms with van der Waals surface area (Å²) in [5.74, 6) is 1.31. The molecule has 1 N–H and O–H groups in total. The molecule has 4 nitrogen and oxygen atoms in total. The van der Waals surface area contributed by atoms with E-state index in [1.54, 1.807) is 6.20 Å². The molecular formula is C17H29N3O. The van der Waals surface area contributed by atoms with Gasteiger partial charge in [0.05, 0.1) is 18.1 Å². The average molecular weight is 291 g/mol. The van der Waals surface area contributed by atoms with Gasteiger partial charge >= 0.3 is 0 Å². The molecule has 1 heterocycles. The van der Waals surface area contributed by atoms with Crippen LogP contribution >= 0.6 is 0 Å². The van der Waals surface area contributed by atoms with Crippen molar-refractivity contribution in [3.05, 3.63) is 18.1 Å². The van der Waals surface area contributed by atoms with Crippen molar-refractivity contribution in [3.8, 4) is 5.88 Å². The Balaban J connectivity index is 1.78. The average Bonchev–Trinajstić information content (AvgIpc) is 2.35. The summed E-state index contributed by atoms with van der Waals surface area (Å²) in [5, 5.41) is 3.64. The summed E-state index contributed by atoms with van der Waals surface area (Å²) < 4.78 is 5.88. The van der Waals surface area contributed by atoms with Crippen LogP contribution in [-0.2, 0) is 5.41 Å². The van der Waals surface area contributed by atoms with Crippen molar-refractivity contribution in [2.75, 3.05) is 0 Å². The first kappa shape index (κ1) is 16.2. The third-order valence-electron chi connectivity index (χ3n) is 4.28. The third kappa shape index (κ3) is 4.40. The molecule has 0 bridgehead atoms. The first-order chi connectivity index (χ1) is 9.75. The molecule has 1 aliphatic carbocycles. The summed E-state index contributed by atoms with van der Waals surface area (Å²) >= 11 is 0. The Morgan fingerprint density at radius 1 is 1.14 bits per heavy atom. The monoisotopic (exact) mass is 291 g/mol. The van der Waals surface area contributed by atoms with Gasteiger partial charge in [0.1, 0.15) is 6.10 Å². The van der Waals surface area contributed by atoms with Crippen LogP contribution in [0.2, 0.25) is 0 Å². The predicted molar refractivity (Wildman–Crippen MR) is 85.6 cm³/mol. The molecule has 1 aliphatic rings. The fourth-order valence-electron chi connectivity index (χ4n) is 2.30. The van der Waals surface area contributed by atoms with Crippen molar-refractivity contribution < 1.29 is 4.74 Å². The Morgan fingerprint density at radius 3 is 2.29 bits per heavy atom. The smallest absolute Gasteiger partial charge is 0.232 e. The van der Waals surface area contributed by atoms with Gasteiger partial charge < -0.3 is 10.1 Å². The van der Waals surface area contributed by atoms with Gasteiger partial charge in [-0.15, -0.1) is 0 Å². The van der Waals surface area contributed by atoms with Crippen molar-refractivity contribution in [2.45, 2.75) is 78.0 Å². The summed E-state index contributed by atoms with van der Waals surface area (Å²) in [4.78, 5) is 8.82. The molecular weight excluding hydrogens is 262 g/mol. The highest BCUT2D eigenvalue weighted by atomic mass is 16.5. The zero-order chi connectivity index (χ0) is 15.6. The van der Waals surface area contributed by atoms with Crippen molar-refractivity contribution in [3.63, 3.8) is 0 Å². The lowest BCUT2D eigenvalue weighted by atomic mass is 9.88. The topological polar surface area (TPSA) is 47.0 Å². The molecule has 0 aliphatic heterocycles. The zero-order valence-electron chi connectivity index (χ0n) is 14.2. The Hall–Kier alpha value is -1.16. The van der Waals surface area contributed by atoms with E-state index in [9.17, 15) is 0 Å². The van der Waals surface area contributed by atoms with Crippen LogP contribution in [0.3, 0.4) is 0 Å². The Labute approximate surface area is 128 Å². The lowest BCUT2D eigenvalue weighted by Crippen LogP contribution is -2.50. The van der Waals surface area contributed by atoms with E-state index >= 15 is 0 Å². The van der Waals surface area contributed by atoms with Crippen LogP contribution in [0.15, 0.2) is 12.4 Å². The van der Waals surface area contributed by atoms with Crippen LogP contribution in [0.1, 0.15) is 60.1 Å². The highest BCUT2D eigenvalue weighted by Gasteiger charge is 2.32. The highest BCUT2D eigenvalue weighted by Crippen LogP contribution is 2.26. The molecule has 0 aromatic carbocycles. The summed E-state index contributed by atoms with van der Waals surface area (Å²) in [6, 6.07) is 1.14. The fraction of sp³-hybridized carbons (Fsp3) is 0.765. The summed E-state index contributed by atoms with van der Waals surface area (Å²) in [6.07, 6.45) is 5.96. The second-order valence-corrected chi connectivity index (χ2v) is 7.60. The van der Waals surface area contributed by atoms with E-state index in [1.807, 2.05) is 6.20 Å². The molecule has 1 atom stereocenters. The molecule has 0 spiro atoms. The number of hydrogen-bond donors (Lipinski definition) is 1. The molecule has 1 aromatic heterocycles. The number of nitrogens with zero attached hydrogens (tertiary/aromatic N) is 2. The van der Waals surface area contributed by atoms with E-state index in [1.165, 1.54) is 0 Å². The van der Waals surface area contributed by atoms with Gasteiger partial charge in [0, 0.05) is 17.5 Å². The maximum atomic E-state index is 5.88. The molecule has 0 saturated heterocycles. The Bertz CT molecular complexity index is 444. The Kier molecular flexibility index (Phi) is 4.87. The molecule has 0 amide bonds. The lowest BCUT2D eigenvalue weighted by molar-refractivity contribution is 0.0728.